The lowest BCUT2D eigenvalue weighted by Crippen LogP contribution is -2.46. The highest BCUT2D eigenvalue weighted by Gasteiger charge is 2.46. The summed E-state index contributed by atoms with van der Waals surface area (Å²) in [5.41, 5.74) is 1.24. The van der Waals surface area contributed by atoms with Crippen molar-refractivity contribution in [2.45, 2.75) is 50.4 Å². The van der Waals surface area contributed by atoms with Crippen LogP contribution in [0.5, 0.6) is 11.6 Å². The number of aromatic nitrogens is 3. The zero-order chi connectivity index (χ0) is 25.5. The maximum atomic E-state index is 12.8. The van der Waals surface area contributed by atoms with Crippen LogP contribution < -0.4 is 25.2 Å². The van der Waals surface area contributed by atoms with E-state index in [1.54, 1.807) is 53.1 Å². The Morgan fingerprint density at radius 1 is 1.16 bits per heavy atom. The smallest absolute Gasteiger partial charge is 0.416 e. The number of Topliss-reactive ketones (excluding diaryl/α,β-unsaturated/α-hetero) is 1. The van der Waals surface area contributed by atoms with Crippen molar-refractivity contribution < 1.29 is 23.8 Å². The summed E-state index contributed by atoms with van der Waals surface area (Å²) in [6.45, 7) is 1.13. The third-order valence-electron chi connectivity index (χ3n) is 7.28. The normalized spacial score (nSPS) is 22.8. The van der Waals surface area contributed by atoms with Crippen molar-refractivity contribution >= 4 is 28.6 Å². The van der Waals surface area contributed by atoms with Gasteiger partial charge >= 0.3 is 6.09 Å². The van der Waals surface area contributed by atoms with E-state index in [1.807, 2.05) is 0 Å². The van der Waals surface area contributed by atoms with E-state index in [0.717, 1.165) is 23.7 Å². The summed E-state index contributed by atoms with van der Waals surface area (Å²) < 4.78 is 18.1. The van der Waals surface area contributed by atoms with Gasteiger partial charge in [-0.3, -0.25) is 14.5 Å². The van der Waals surface area contributed by atoms with Gasteiger partial charge in [0.1, 0.15) is 24.3 Å². The summed E-state index contributed by atoms with van der Waals surface area (Å²) in [5, 5.41) is 4.40. The van der Waals surface area contributed by atoms with Gasteiger partial charge in [-0.2, -0.15) is 0 Å². The number of rotatable bonds is 6. The molecule has 2 fully saturated rings. The van der Waals surface area contributed by atoms with Gasteiger partial charge in [0.15, 0.2) is 5.78 Å². The van der Waals surface area contributed by atoms with Crippen molar-refractivity contribution in [2.75, 3.05) is 25.2 Å². The Kier molecular flexibility index (Phi) is 5.99. The highest BCUT2D eigenvalue weighted by Crippen LogP contribution is 2.36. The number of fused-ring (bicyclic) bond motifs is 3. The maximum absolute atomic E-state index is 12.8. The first-order chi connectivity index (χ1) is 18.0. The van der Waals surface area contributed by atoms with E-state index < -0.39 is 6.09 Å². The minimum atomic E-state index is -0.420. The van der Waals surface area contributed by atoms with Crippen molar-refractivity contribution in [2.24, 2.45) is 0 Å². The summed E-state index contributed by atoms with van der Waals surface area (Å²) >= 11 is 0. The first-order valence-corrected chi connectivity index (χ1v) is 12.4. The summed E-state index contributed by atoms with van der Waals surface area (Å²) in [5.74, 6) is 1.49. The van der Waals surface area contributed by atoms with Crippen molar-refractivity contribution in [3.05, 3.63) is 52.6 Å². The molecular weight excluding hydrogens is 478 g/mol. The molecule has 1 aliphatic carbocycles. The Hall–Kier alpha value is -3.99. The number of carbonyl (C=O) groups is 2. The third kappa shape index (κ3) is 4.39. The summed E-state index contributed by atoms with van der Waals surface area (Å²) in [6.07, 6.45) is 3.49. The van der Waals surface area contributed by atoms with E-state index in [2.05, 4.69) is 15.3 Å². The lowest BCUT2D eigenvalue weighted by atomic mass is 9.88. The quantitative estimate of drug-likeness (QED) is 0.534. The monoisotopic (exact) mass is 505 g/mol. The van der Waals surface area contributed by atoms with Gasteiger partial charge in [0.2, 0.25) is 5.88 Å². The van der Waals surface area contributed by atoms with Crippen LogP contribution in [-0.4, -0.2) is 64.9 Å². The molecular formula is C26H27N5O6. The van der Waals surface area contributed by atoms with E-state index in [1.165, 1.54) is 0 Å². The van der Waals surface area contributed by atoms with Crippen LogP contribution in [0, 0.1) is 0 Å². The number of ether oxygens (including phenoxy) is 3. The molecule has 37 heavy (non-hydrogen) atoms. The minimum Gasteiger partial charge on any atom is -0.484 e. The summed E-state index contributed by atoms with van der Waals surface area (Å²) in [4.78, 5) is 47.5. The lowest BCUT2D eigenvalue weighted by molar-refractivity contribution is -0.121. The van der Waals surface area contributed by atoms with Crippen LogP contribution in [0.25, 0.3) is 10.9 Å². The Bertz CT molecular complexity index is 1440. The van der Waals surface area contributed by atoms with Crippen molar-refractivity contribution in [3.8, 4) is 11.6 Å². The highest BCUT2D eigenvalue weighted by atomic mass is 16.6. The molecule has 5 heterocycles. The number of anilines is 1. The molecule has 3 aromatic heterocycles. The highest BCUT2D eigenvalue weighted by molar-refractivity contribution is 5.90. The number of carbonyl (C=O) groups excluding carboxylic acids is 2. The van der Waals surface area contributed by atoms with Gasteiger partial charge in [-0.15, -0.1) is 0 Å². The Morgan fingerprint density at radius 2 is 2.05 bits per heavy atom. The van der Waals surface area contributed by atoms with Gasteiger partial charge < -0.3 is 24.1 Å². The number of methoxy groups -OCH3 is 1. The molecule has 1 saturated carbocycles. The standard InChI is InChI=1S/C26H27N5O6/c1-35-24-12-20-15(13-28-24)2-7-25(33)30(20)9-8-27-16-3-4-19-22(10-16)37-26(34)31(19)23-6-5-21-18(29-23)11-17(32)14-36-21/h2,5-7,12-13,16,19,22,27H,3-4,8-11,14H2,1H3/t16-,19-,22-/m0/s1. The first-order valence-electron chi connectivity index (χ1n) is 12.4. The zero-order valence-electron chi connectivity index (χ0n) is 20.4. The first kappa shape index (κ1) is 23.4. The molecule has 3 atom stereocenters. The maximum Gasteiger partial charge on any atom is 0.416 e. The predicted octanol–water partition coefficient (Wildman–Crippen LogP) is 1.84. The van der Waals surface area contributed by atoms with E-state index in [9.17, 15) is 14.4 Å². The Labute approximate surface area is 212 Å². The molecule has 0 spiro atoms. The van der Waals surface area contributed by atoms with Crippen LogP contribution >= 0.6 is 0 Å². The van der Waals surface area contributed by atoms with Gasteiger partial charge in [-0.05, 0) is 31.0 Å². The second-order valence-corrected chi connectivity index (χ2v) is 9.55. The Balaban J connectivity index is 1.11. The molecule has 1 amide bonds. The van der Waals surface area contributed by atoms with E-state index in [4.69, 9.17) is 14.2 Å². The molecule has 192 valence electrons. The molecule has 1 N–H and O–H groups in total. The average Bonchev–Trinajstić information content (AvgIpc) is 3.24. The van der Waals surface area contributed by atoms with Gasteiger partial charge in [0.05, 0.1) is 30.8 Å². The van der Waals surface area contributed by atoms with Crippen LogP contribution in [0.4, 0.5) is 10.6 Å². The zero-order valence-corrected chi connectivity index (χ0v) is 20.4. The van der Waals surface area contributed by atoms with Gasteiger partial charge in [0.25, 0.3) is 5.56 Å². The van der Waals surface area contributed by atoms with Crippen molar-refractivity contribution in [3.63, 3.8) is 0 Å². The third-order valence-corrected chi connectivity index (χ3v) is 7.28. The fourth-order valence-corrected chi connectivity index (χ4v) is 5.46. The van der Waals surface area contributed by atoms with E-state index >= 15 is 0 Å². The number of amides is 1. The van der Waals surface area contributed by atoms with Crippen LogP contribution in [0.3, 0.4) is 0 Å². The summed E-state index contributed by atoms with van der Waals surface area (Å²) in [7, 11) is 1.55. The number of nitrogens with zero attached hydrogens (tertiary/aromatic N) is 4. The van der Waals surface area contributed by atoms with Gasteiger partial charge in [-0.25, -0.2) is 14.8 Å². The average molecular weight is 506 g/mol. The molecule has 2 aliphatic heterocycles. The van der Waals surface area contributed by atoms with Crippen molar-refractivity contribution in [1.29, 1.82) is 0 Å². The number of hydrogen-bond donors (Lipinski definition) is 1. The Morgan fingerprint density at radius 3 is 2.92 bits per heavy atom. The minimum absolute atomic E-state index is 0.0350. The van der Waals surface area contributed by atoms with Crippen LogP contribution in [0.2, 0.25) is 0 Å². The number of nitrogens with one attached hydrogen (secondary N) is 1. The molecule has 0 bridgehead atoms. The van der Waals surface area contributed by atoms with Gasteiger partial charge in [0, 0.05) is 49.3 Å². The van der Waals surface area contributed by atoms with E-state index in [0.29, 0.717) is 42.7 Å². The number of pyridine rings is 3. The SMILES string of the molecule is COc1cc2c(ccc(=O)n2CCN[C@H]2CC[C@H]3[C@H](C2)OC(=O)N3c2ccc3c(n2)CC(=O)CO3)cn1. The molecule has 0 aromatic carbocycles. The molecule has 11 heteroatoms. The fourth-order valence-electron chi connectivity index (χ4n) is 5.46. The van der Waals surface area contributed by atoms with E-state index in [-0.39, 0.29) is 42.6 Å². The molecule has 11 nitrogen and oxygen atoms in total. The second kappa shape index (κ2) is 9.47. The summed E-state index contributed by atoms with van der Waals surface area (Å²) in [6, 6.07) is 8.62. The van der Waals surface area contributed by atoms with Crippen molar-refractivity contribution in [1.82, 2.24) is 19.9 Å². The molecule has 3 aliphatic rings. The van der Waals surface area contributed by atoms with Crippen LogP contribution in [0.1, 0.15) is 25.0 Å². The topological polar surface area (TPSA) is 125 Å². The molecule has 0 radical (unpaired) electrons. The lowest BCUT2D eigenvalue weighted by Gasteiger charge is -2.33. The molecule has 3 aromatic rings. The molecule has 0 unspecified atom stereocenters. The largest absolute Gasteiger partial charge is 0.484 e. The second-order valence-electron chi connectivity index (χ2n) is 9.55. The predicted molar refractivity (Wildman–Crippen MR) is 133 cm³/mol. The van der Waals surface area contributed by atoms with Crippen LogP contribution in [-0.2, 0) is 22.5 Å². The molecule has 1 saturated heterocycles. The van der Waals surface area contributed by atoms with Gasteiger partial charge in [-0.1, -0.05) is 0 Å². The number of ketones is 1. The molecule has 6 rings (SSSR count). The fraction of sp³-hybridized carbons (Fsp3) is 0.423. The number of hydrogen-bond acceptors (Lipinski definition) is 9. The van der Waals surface area contributed by atoms with Crippen LogP contribution in [0.15, 0.2) is 41.3 Å².